The van der Waals surface area contributed by atoms with Crippen molar-refractivity contribution in [1.82, 2.24) is 4.31 Å². The van der Waals surface area contributed by atoms with Crippen molar-refractivity contribution in [2.45, 2.75) is 11.3 Å². The van der Waals surface area contributed by atoms with Crippen molar-refractivity contribution in [2.24, 2.45) is 0 Å². The first-order chi connectivity index (χ1) is 15.4. The van der Waals surface area contributed by atoms with E-state index >= 15 is 0 Å². The maximum atomic E-state index is 14.3. The number of hydrogen-bond donors (Lipinski definition) is 1. The van der Waals surface area contributed by atoms with Gasteiger partial charge in [0.2, 0.25) is 15.9 Å². The van der Waals surface area contributed by atoms with Crippen LogP contribution in [0.15, 0.2) is 77.7 Å². The number of ether oxygens (including phenoxy) is 1. The second-order valence-electron chi connectivity index (χ2n) is 7.45. The van der Waals surface area contributed by atoms with Crippen molar-refractivity contribution in [3.63, 3.8) is 0 Å². The highest BCUT2D eigenvalue weighted by molar-refractivity contribution is 7.89. The molecule has 1 heterocycles. The van der Waals surface area contributed by atoms with Crippen LogP contribution >= 0.6 is 0 Å². The van der Waals surface area contributed by atoms with Crippen molar-refractivity contribution < 1.29 is 22.3 Å². The summed E-state index contributed by atoms with van der Waals surface area (Å²) in [6.07, 6.45) is 0.109. The Hall–Kier alpha value is -3.07. The number of hydrogen-bond acceptors (Lipinski definition) is 4. The van der Waals surface area contributed by atoms with Crippen LogP contribution in [0.3, 0.4) is 0 Å². The molecular weight excluding hydrogens is 431 g/mol. The fourth-order valence-corrected chi connectivity index (χ4v) is 5.04. The van der Waals surface area contributed by atoms with E-state index < -0.39 is 20.7 Å². The van der Waals surface area contributed by atoms with Gasteiger partial charge in [0.25, 0.3) is 0 Å². The van der Waals surface area contributed by atoms with E-state index in [2.05, 4.69) is 5.32 Å². The molecule has 0 aromatic heterocycles. The Balaban J connectivity index is 1.45. The summed E-state index contributed by atoms with van der Waals surface area (Å²) in [4.78, 5) is 12.0. The smallest absolute Gasteiger partial charge is 0.246 e. The predicted molar refractivity (Wildman–Crippen MR) is 120 cm³/mol. The molecule has 1 aliphatic heterocycles. The molecule has 32 heavy (non-hydrogen) atoms. The summed E-state index contributed by atoms with van der Waals surface area (Å²) in [6, 6.07) is 21.1. The van der Waals surface area contributed by atoms with Gasteiger partial charge in [-0.25, -0.2) is 12.8 Å². The predicted octanol–water partition coefficient (Wildman–Crippen LogP) is 3.69. The van der Waals surface area contributed by atoms with Crippen molar-refractivity contribution in [1.29, 1.82) is 0 Å². The van der Waals surface area contributed by atoms with Crippen molar-refractivity contribution in [2.75, 3.05) is 31.6 Å². The van der Waals surface area contributed by atoms with Crippen LogP contribution in [0, 0.1) is 5.82 Å². The molecule has 3 aromatic rings. The van der Waals surface area contributed by atoms with Gasteiger partial charge in [0.15, 0.2) is 0 Å². The van der Waals surface area contributed by atoms with Gasteiger partial charge in [-0.15, -0.1) is 0 Å². The Morgan fingerprint density at radius 2 is 1.59 bits per heavy atom. The molecule has 8 heteroatoms. The SMILES string of the molecule is O=C(Cc1ccc(-c2ccccc2)cc1)Nc1ccc(F)c(S(=O)(=O)N2CCOCC2)c1. The Morgan fingerprint density at radius 3 is 2.28 bits per heavy atom. The van der Waals surface area contributed by atoms with Crippen LogP contribution in [0.5, 0.6) is 0 Å². The first-order valence-electron chi connectivity index (χ1n) is 10.3. The number of halogens is 1. The fraction of sp³-hybridized carbons (Fsp3) is 0.208. The molecular formula is C24H23FN2O4S. The van der Waals surface area contributed by atoms with Gasteiger partial charge in [-0.2, -0.15) is 4.31 Å². The third-order valence-electron chi connectivity index (χ3n) is 5.23. The van der Waals surface area contributed by atoms with Crippen LogP contribution in [0.25, 0.3) is 11.1 Å². The molecule has 3 aromatic carbocycles. The Morgan fingerprint density at radius 1 is 0.938 bits per heavy atom. The summed E-state index contributed by atoms with van der Waals surface area (Å²) >= 11 is 0. The van der Waals surface area contributed by atoms with Crippen LogP contribution in [-0.4, -0.2) is 44.9 Å². The molecule has 0 atom stereocenters. The van der Waals surface area contributed by atoms with Gasteiger partial charge in [-0.1, -0.05) is 54.6 Å². The largest absolute Gasteiger partial charge is 0.379 e. The van der Waals surface area contributed by atoms with Gasteiger partial charge in [0.1, 0.15) is 10.7 Å². The Kier molecular flexibility index (Phi) is 6.64. The Bertz CT molecular complexity index is 1190. The number of carbonyl (C=O) groups excluding carboxylic acids is 1. The zero-order valence-electron chi connectivity index (χ0n) is 17.3. The lowest BCUT2D eigenvalue weighted by molar-refractivity contribution is -0.115. The topological polar surface area (TPSA) is 75.7 Å². The molecule has 4 rings (SSSR count). The minimum atomic E-state index is -4.01. The normalized spacial score (nSPS) is 14.8. The molecule has 0 spiro atoms. The van der Waals surface area contributed by atoms with Crippen LogP contribution in [0.4, 0.5) is 10.1 Å². The number of amides is 1. The number of nitrogens with zero attached hydrogens (tertiary/aromatic N) is 1. The summed E-state index contributed by atoms with van der Waals surface area (Å²) in [5.74, 6) is -1.18. The highest BCUT2D eigenvalue weighted by Gasteiger charge is 2.29. The summed E-state index contributed by atoms with van der Waals surface area (Å²) in [5, 5.41) is 2.67. The molecule has 0 radical (unpaired) electrons. The van der Waals surface area contributed by atoms with E-state index in [1.54, 1.807) is 0 Å². The number of anilines is 1. The summed E-state index contributed by atoms with van der Waals surface area (Å²) in [7, 11) is -4.01. The second-order valence-corrected chi connectivity index (χ2v) is 9.36. The minimum absolute atomic E-state index is 0.109. The van der Waals surface area contributed by atoms with Gasteiger partial charge in [0.05, 0.1) is 19.6 Å². The zero-order chi connectivity index (χ0) is 22.6. The highest BCUT2D eigenvalue weighted by atomic mass is 32.2. The standard InChI is InChI=1S/C24H23FN2O4S/c25-22-11-10-21(17-23(22)32(29,30)27-12-14-31-15-13-27)26-24(28)16-18-6-8-20(9-7-18)19-4-2-1-3-5-19/h1-11,17H,12-16H2,(H,26,28). The quantitative estimate of drug-likeness (QED) is 0.616. The molecule has 0 aliphatic carbocycles. The summed E-state index contributed by atoms with van der Waals surface area (Å²) < 4.78 is 46.3. The van der Waals surface area contributed by atoms with Gasteiger partial charge >= 0.3 is 0 Å². The molecule has 1 N–H and O–H groups in total. The average Bonchev–Trinajstić information content (AvgIpc) is 2.82. The van der Waals surface area contributed by atoms with E-state index in [1.165, 1.54) is 10.4 Å². The van der Waals surface area contributed by atoms with E-state index in [0.29, 0.717) is 0 Å². The van der Waals surface area contributed by atoms with Gasteiger partial charge < -0.3 is 10.1 Å². The summed E-state index contributed by atoms with van der Waals surface area (Å²) in [5.41, 5.74) is 3.17. The lowest BCUT2D eigenvalue weighted by Crippen LogP contribution is -2.40. The number of nitrogens with one attached hydrogen (secondary N) is 1. The van der Waals surface area contributed by atoms with E-state index in [0.717, 1.165) is 28.8 Å². The summed E-state index contributed by atoms with van der Waals surface area (Å²) in [6.45, 7) is 0.856. The second kappa shape index (κ2) is 9.60. The molecule has 0 unspecified atom stereocenters. The lowest BCUT2D eigenvalue weighted by Gasteiger charge is -2.26. The third kappa shape index (κ3) is 5.04. The molecule has 1 amide bonds. The molecule has 1 saturated heterocycles. The molecule has 166 valence electrons. The van der Waals surface area contributed by atoms with Crippen molar-refractivity contribution in [3.05, 3.63) is 84.2 Å². The van der Waals surface area contributed by atoms with Crippen molar-refractivity contribution >= 4 is 21.6 Å². The molecule has 0 bridgehead atoms. The van der Waals surface area contributed by atoms with E-state index in [4.69, 9.17) is 4.74 Å². The van der Waals surface area contributed by atoms with Gasteiger partial charge in [-0.3, -0.25) is 4.79 Å². The number of morpholine rings is 1. The maximum absolute atomic E-state index is 14.3. The van der Waals surface area contributed by atoms with Crippen LogP contribution in [-0.2, 0) is 26.0 Å². The first kappa shape index (κ1) is 22.1. The van der Waals surface area contributed by atoms with E-state index in [-0.39, 0.29) is 44.3 Å². The van der Waals surface area contributed by atoms with Crippen LogP contribution in [0.2, 0.25) is 0 Å². The Labute approximate surface area is 186 Å². The average molecular weight is 455 g/mol. The number of rotatable bonds is 6. The first-order valence-corrected chi connectivity index (χ1v) is 11.7. The van der Waals surface area contributed by atoms with Crippen LogP contribution < -0.4 is 5.32 Å². The highest BCUT2D eigenvalue weighted by Crippen LogP contribution is 2.24. The molecule has 1 aliphatic rings. The van der Waals surface area contributed by atoms with Gasteiger partial charge in [0, 0.05) is 18.8 Å². The van der Waals surface area contributed by atoms with E-state index in [1.807, 2.05) is 54.6 Å². The number of sulfonamides is 1. The lowest BCUT2D eigenvalue weighted by atomic mass is 10.0. The molecule has 1 fully saturated rings. The zero-order valence-corrected chi connectivity index (χ0v) is 18.1. The number of benzene rings is 3. The maximum Gasteiger partial charge on any atom is 0.246 e. The van der Waals surface area contributed by atoms with Gasteiger partial charge in [-0.05, 0) is 34.9 Å². The van der Waals surface area contributed by atoms with Crippen LogP contribution in [0.1, 0.15) is 5.56 Å². The minimum Gasteiger partial charge on any atom is -0.379 e. The van der Waals surface area contributed by atoms with E-state index in [9.17, 15) is 17.6 Å². The third-order valence-corrected chi connectivity index (χ3v) is 7.14. The fourth-order valence-electron chi connectivity index (χ4n) is 3.54. The monoisotopic (exact) mass is 454 g/mol. The van der Waals surface area contributed by atoms with Crippen molar-refractivity contribution in [3.8, 4) is 11.1 Å². The number of carbonyl (C=O) groups is 1. The molecule has 0 saturated carbocycles. The molecule has 6 nitrogen and oxygen atoms in total.